The number of aromatic amines is 1. The lowest BCUT2D eigenvalue weighted by atomic mass is 9.84. The average Bonchev–Trinajstić information content (AvgIpc) is 3.60. The third kappa shape index (κ3) is 3.15. The van der Waals surface area contributed by atoms with Gasteiger partial charge in [-0.3, -0.25) is 4.68 Å². The van der Waals surface area contributed by atoms with Crippen molar-refractivity contribution in [2.45, 2.75) is 44.7 Å². The van der Waals surface area contributed by atoms with E-state index in [0.717, 1.165) is 64.8 Å². The van der Waals surface area contributed by atoms with E-state index in [0.29, 0.717) is 24.9 Å². The Kier molecular flexibility index (Phi) is 4.49. The van der Waals surface area contributed by atoms with Gasteiger partial charge in [-0.2, -0.15) is 10.4 Å². The molecule has 1 N–H and O–H groups in total. The maximum Gasteiger partial charge on any atom is 0.180 e. The highest BCUT2D eigenvalue weighted by Gasteiger charge is 2.27. The Labute approximate surface area is 183 Å². The lowest BCUT2D eigenvalue weighted by Crippen LogP contribution is -2.18. The first-order chi connectivity index (χ1) is 15.8. The molecule has 0 amide bonds. The number of imidazole rings is 1. The number of pyridine rings is 1. The van der Waals surface area contributed by atoms with Crippen LogP contribution in [0.3, 0.4) is 0 Å². The predicted molar refractivity (Wildman–Crippen MR) is 117 cm³/mol. The van der Waals surface area contributed by atoms with Crippen molar-refractivity contribution in [2.75, 3.05) is 0 Å². The normalized spacial score (nSPS) is 19.0. The van der Waals surface area contributed by atoms with E-state index in [1.807, 2.05) is 29.5 Å². The molecule has 0 unspecified atom stereocenters. The van der Waals surface area contributed by atoms with Crippen molar-refractivity contribution in [1.29, 1.82) is 5.26 Å². The molecule has 1 saturated carbocycles. The molecule has 0 spiro atoms. The molecule has 0 saturated heterocycles. The number of fused-ring (bicyclic) bond motifs is 3. The van der Waals surface area contributed by atoms with Gasteiger partial charge in [-0.1, -0.05) is 0 Å². The van der Waals surface area contributed by atoms with Crippen molar-refractivity contribution in [1.82, 2.24) is 34.3 Å². The first-order valence-electron chi connectivity index (χ1n) is 10.9. The Morgan fingerprint density at radius 2 is 2.09 bits per heavy atom. The molecule has 0 bridgehead atoms. The van der Waals surface area contributed by atoms with Crippen molar-refractivity contribution >= 4 is 22.1 Å². The fourth-order valence-electron chi connectivity index (χ4n) is 4.93. The summed E-state index contributed by atoms with van der Waals surface area (Å²) in [6.07, 6.45) is 15.5. The molecule has 0 atom stereocenters. The molecule has 1 fully saturated rings. The number of hydrogen-bond acceptors (Lipinski definition) is 6. The minimum absolute atomic E-state index is 0.323. The zero-order valence-corrected chi connectivity index (χ0v) is 17.5. The number of H-pyrrole nitrogens is 1. The molecule has 6 rings (SSSR count). The zero-order chi connectivity index (χ0) is 21.5. The summed E-state index contributed by atoms with van der Waals surface area (Å²) in [6, 6.07) is 4.74. The first kappa shape index (κ1) is 18.8. The average molecular weight is 426 g/mol. The number of aromatic nitrogens is 7. The van der Waals surface area contributed by atoms with Crippen LogP contribution in [0.4, 0.5) is 0 Å². The Bertz CT molecular complexity index is 1410. The molecule has 5 heterocycles. The van der Waals surface area contributed by atoms with E-state index in [1.54, 1.807) is 6.26 Å². The predicted octanol–water partition coefficient (Wildman–Crippen LogP) is 4.46. The van der Waals surface area contributed by atoms with Crippen molar-refractivity contribution < 1.29 is 4.42 Å². The van der Waals surface area contributed by atoms with Crippen molar-refractivity contribution in [3.05, 3.63) is 49.2 Å². The molecule has 0 aromatic carbocycles. The Morgan fingerprint density at radius 1 is 1.19 bits per heavy atom. The number of oxazole rings is 1. The van der Waals surface area contributed by atoms with Gasteiger partial charge in [0.2, 0.25) is 0 Å². The minimum Gasteiger partial charge on any atom is -0.451 e. The van der Waals surface area contributed by atoms with Gasteiger partial charge in [-0.05, 0) is 37.7 Å². The molecule has 9 heteroatoms. The van der Waals surface area contributed by atoms with Gasteiger partial charge in [0.05, 0.1) is 36.1 Å². The van der Waals surface area contributed by atoms with Crippen LogP contribution in [-0.2, 0) is 6.54 Å². The quantitative estimate of drug-likeness (QED) is 0.444. The van der Waals surface area contributed by atoms with Gasteiger partial charge >= 0.3 is 0 Å². The molecular weight excluding hydrogens is 404 g/mol. The van der Waals surface area contributed by atoms with Crippen LogP contribution in [0.25, 0.3) is 33.5 Å². The van der Waals surface area contributed by atoms with Crippen LogP contribution in [0.2, 0.25) is 0 Å². The summed E-state index contributed by atoms with van der Waals surface area (Å²) in [5.41, 5.74) is 4.65. The second kappa shape index (κ2) is 7.64. The number of nitriles is 1. The third-order valence-electron chi connectivity index (χ3n) is 6.49. The van der Waals surface area contributed by atoms with Crippen molar-refractivity contribution in [2.24, 2.45) is 5.92 Å². The summed E-state index contributed by atoms with van der Waals surface area (Å²) >= 11 is 0. The van der Waals surface area contributed by atoms with Crippen LogP contribution in [0.5, 0.6) is 0 Å². The lowest BCUT2D eigenvalue weighted by molar-refractivity contribution is 0.283. The maximum atomic E-state index is 9.10. The van der Waals surface area contributed by atoms with Crippen LogP contribution in [-0.4, -0.2) is 34.3 Å². The van der Waals surface area contributed by atoms with Gasteiger partial charge < -0.3 is 14.0 Å². The molecular formula is C23H22N8O. The van der Waals surface area contributed by atoms with Crippen LogP contribution in [0.15, 0.2) is 47.9 Å². The number of nitrogens with zero attached hydrogens (tertiary/aromatic N) is 7. The smallest absolute Gasteiger partial charge is 0.180 e. The number of hydrogen-bond donors (Lipinski definition) is 1. The standard InChI is InChI=1S/C23H22N8O/c24-7-5-15-1-3-18(4-2-15)31-21-19-6-8-25-22(19)26-10-20(21)29-23(31)16-9-28-30(11-16)12-17-13-32-14-27-17/h6,8-11,13-15,18H,1-5,12H2,(H,25,26). The number of nitrogens with one attached hydrogen (secondary N) is 1. The molecule has 5 aromatic heterocycles. The van der Waals surface area contributed by atoms with E-state index in [9.17, 15) is 0 Å². The van der Waals surface area contributed by atoms with E-state index >= 15 is 0 Å². The third-order valence-corrected chi connectivity index (χ3v) is 6.49. The summed E-state index contributed by atoms with van der Waals surface area (Å²) < 4.78 is 9.31. The largest absolute Gasteiger partial charge is 0.451 e. The summed E-state index contributed by atoms with van der Waals surface area (Å²) in [4.78, 5) is 17.0. The van der Waals surface area contributed by atoms with Gasteiger partial charge in [0.25, 0.3) is 0 Å². The molecule has 1 aliphatic rings. The Hall–Kier alpha value is -3.93. The van der Waals surface area contributed by atoms with Crippen LogP contribution in [0.1, 0.15) is 43.8 Å². The summed E-state index contributed by atoms with van der Waals surface area (Å²) in [5.74, 6) is 1.40. The fraction of sp³-hybridized carbons (Fsp3) is 0.348. The Balaban J connectivity index is 1.44. The van der Waals surface area contributed by atoms with E-state index < -0.39 is 0 Å². The minimum atomic E-state index is 0.323. The summed E-state index contributed by atoms with van der Waals surface area (Å²) in [5, 5.41) is 14.7. The zero-order valence-electron chi connectivity index (χ0n) is 17.5. The highest BCUT2D eigenvalue weighted by molar-refractivity contribution is 6.02. The van der Waals surface area contributed by atoms with Crippen LogP contribution >= 0.6 is 0 Å². The maximum absolute atomic E-state index is 9.10. The molecule has 5 aromatic rings. The van der Waals surface area contributed by atoms with E-state index in [-0.39, 0.29) is 0 Å². The number of rotatable bonds is 5. The highest BCUT2D eigenvalue weighted by Crippen LogP contribution is 2.40. The Morgan fingerprint density at radius 3 is 2.91 bits per heavy atom. The van der Waals surface area contributed by atoms with E-state index in [2.05, 4.69) is 36.8 Å². The van der Waals surface area contributed by atoms with Crippen LogP contribution in [0, 0.1) is 17.2 Å². The van der Waals surface area contributed by atoms with Crippen LogP contribution < -0.4 is 0 Å². The monoisotopic (exact) mass is 426 g/mol. The highest BCUT2D eigenvalue weighted by atomic mass is 16.3. The molecule has 160 valence electrons. The van der Waals surface area contributed by atoms with Gasteiger partial charge in [-0.15, -0.1) is 0 Å². The molecule has 0 radical (unpaired) electrons. The van der Waals surface area contributed by atoms with E-state index in [4.69, 9.17) is 14.7 Å². The molecule has 9 nitrogen and oxygen atoms in total. The molecule has 1 aliphatic carbocycles. The summed E-state index contributed by atoms with van der Waals surface area (Å²) in [7, 11) is 0. The lowest BCUT2D eigenvalue weighted by Gasteiger charge is -2.29. The summed E-state index contributed by atoms with van der Waals surface area (Å²) in [6.45, 7) is 0.541. The second-order valence-corrected chi connectivity index (χ2v) is 8.48. The fourth-order valence-corrected chi connectivity index (χ4v) is 4.93. The van der Waals surface area contributed by atoms with Crippen molar-refractivity contribution in [3.63, 3.8) is 0 Å². The van der Waals surface area contributed by atoms with Crippen molar-refractivity contribution in [3.8, 4) is 17.5 Å². The molecule has 0 aliphatic heterocycles. The second-order valence-electron chi connectivity index (χ2n) is 8.48. The first-order valence-corrected chi connectivity index (χ1v) is 10.9. The van der Waals surface area contributed by atoms with E-state index in [1.165, 1.54) is 6.39 Å². The van der Waals surface area contributed by atoms with Gasteiger partial charge in [-0.25, -0.2) is 15.0 Å². The topological polar surface area (TPSA) is 114 Å². The SMILES string of the molecule is N#CCC1CCC(n2c(-c3cnn(Cc4cocn4)c3)nc3cnc4[nH]ccc4c32)CC1. The molecule has 32 heavy (non-hydrogen) atoms. The van der Waals surface area contributed by atoms with Gasteiger partial charge in [0.15, 0.2) is 6.39 Å². The van der Waals surface area contributed by atoms with Gasteiger partial charge in [0.1, 0.15) is 28.9 Å². The van der Waals surface area contributed by atoms with Gasteiger partial charge in [0, 0.05) is 30.2 Å².